The highest BCUT2D eigenvalue weighted by Crippen LogP contribution is 2.07. The molecule has 0 spiro atoms. The Balaban J connectivity index is 2.41. The van der Waals surface area contributed by atoms with Crippen LogP contribution in [0.25, 0.3) is 0 Å². The molecule has 0 heterocycles. The highest BCUT2D eigenvalue weighted by atomic mass is 16.5. The zero-order valence-electron chi connectivity index (χ0n) is 7.53. The summed E-state index contributed by atoms with van der Waals surface area (Å²) in [5, 5.41) is 8.46. The molecule has 0 aliphatic rings. The number of nitriles is 1. The quantitative estimate of drug-likeness (QED) is 0.658. The van der Waals surface area contributed by atoms with Gasteiger partial charge in [-0.05, 0) is 25.1 Å². The molecule has 0 saturated heterocycles. The van der Waals surface area contributed by atoms with E-state index in [2.05, 4.69) is 0 Å². The molecule has 2 nitrogen and oxygen atoms in total. The highest BCUT2D eigenvalue weighted by molar-refractivity contribution is 5.22. The molecule has 0 aromatic heterocycles. The Morgan fingerprint density at radius 1 is 1.46 bits per heavy atom. The van der Waals surface area contributed by atoms with E-state index in [0.717, 1.165) is 5.75 Å². The van der Waals surface area contributed by atoms with E-state index >= 15 is 0 Å². The molecule has 0 atom stereocenters. The second-order valence-corrected chi connectivity index (χ2v) is 2.62. The maximum absolute atomic E-state index is 8.46. The van der Waals surface area contributed by atoms with Gasteiger partial charge in [0.1, 0.15) is 12.4 Å². The minimum atomic E-state index is 0.448. The van der Waals surface area contributed by atoms with Crippen molar-refractivity contribution < 1.29 is 4.74 Å². The predicted molar refractivity (Wildman–Crippen MR) is 51.3 cm³/mol. The van der Waals surface area contributed by atoms with Gasteiger partial charge < -0.3 is 4.74 Å². The van der Waals surface area contributed by atoms with Crippen LogP contribution in [-0.2, 0) is 0 Å². The maximum Gasteiger partial charge on any atom is 0.119 e. The van der Waals surface area contributed by atoms with Crippen molar-refractivity contribution in [2.24, 2.45) is 0 Å². The normalized spacial score (nSPS) is 10.6. The molecular weight excluding hydrogens is 162 g/mol. The fourth-order valence-electron chi connectivity index (χ4n) is 0.825. The summed E-state index contributed by atoms with van der Waals surface area (Å²) in [6.07, 6.45) is 1.76. The molecular formula is C11H11NO. The van der Waals surface area contributed by atoms with Crippen LogP contribution in [0.5, 0.6) is 5.75 Å². The standard InChI is InChI=1S/C11H11NO/c1-10(9-12)7-8-13-11-5-3-2-4-6-11/h2-7H,8H2,1H3/b10-7+. The van der Waals surface area contributed by atoms with Crippen LogP contribution < -0.4 is 4.74 Å². The largest absolute Gasteiger partial charge is 0.490 e. The molecule has 13 heavy (non-hydrogen) atoms. The summed E-state index contributed by atoms with van der Waals surface area (Å²) >= 11 is 0. The van der Waals surface area contributed by atoms with Gasteiger partial charge in [0.05, 0.1) is 6.07 Å². The predicted octanol–water partition coefficient (Wildman–Crippen LogP) is 2.54. The van der Waals surface area contributed by atoms with E-state index in [9.17, 15) is 0 Å². The molecule has 66 valence electrons. The first-order valence-corrected chi connectivity index (χ1v) is 4.07. The summed E-state index contributed by atoms with van der Waals surface area (Å²) in [5.41, 5.74) is 0.677. The Hall–Kier alpha value is -1.75. The molecule has 0 aliphatic carbocycles. The van der Waals surface area contributed by atoms with Crippen LogP contribution in [-0.4, -0.2) is 6.61 Å². The second kappa shape index (κ2) is 5.00. The van der Waals surface area contributed by atoms with E-state index in [1.165, 1.54) is 0 Å². The average Bonchev–Trinajstić information content (AvgIpc) is 2.19. The van der Waals surface area contributed by atoms with Crippen molar-refractivity contribution >= 4 is 0 Å². The molecule has 0 bridgehead atoms. The Bertz CT molecular complexity index is 322. The highest BCUT2D eigenvalue weighted by Gasteiger charge is 1.88. The Labute approximate surface area is 78.1 Å². The van der Waals surface area contributed by atoms with Gasteiger partial charge >= 0.3 is 0 Å². The molecule has 0 saturated carbocycles. The van der Waals surface area contributed by atoms with Crippen molar-refractivity contribution in [3.8, 4) is 11.8 Å². The second-order valence-electron chi connectivity index (χ2n) is 2.62. The minimum absolute atomic E-state index is 0.448. The molecule has 1 rings (SSSR count). The summed E-state index contributed by atoms with van der Waals surface area (Å²) in [4.78, 5) is 0. The lowest BCUT2D eigenvalue weighted by Gasteiger charge is -2.01. The molecule has 1 aromatic rings. The number of ether oxygens (including phenoxy) is 1. The van der Waals surface area contributed by atoms with Crippen molar-refractivity contribution in [3.05, 3.63) is 42.0 Å². The minimum Gasteiger partial charge on any atom is -0.490 e. The lowest BCUT2D eigenvalue weighted by Crippen LogP contribution is -1.93. The fraction of sp³-hybridized carbons (Fsp3) is 0.182. The van der Waals surface area contributed by atoms with Crippen molar-refractivity contribution in [1.29, 1.82) is 5.26 Å². The van der Waals surface area contributed by atoms with E-state index in [-0.39, 0.29) is 0 Å². The van der Waals surface area contributed by atoms with E-state index in [4.69, 9.17) is 10.00 Å². The number of para-hydroxylation sites is 1. The van der Waals surface area contributed by atoms with Gasteiger partial charge in [-0.15, -0.1) is 0 Å². The van der Waals surface area contributed by atoms with Crippen molar-refractivity contribution in [2.45, 2.75) is 6.92 Å². The van der Waals surface area contributed by atoms with Gasteiger partial charge in [0.15, 0.2) is 0 Å². The summed E-state index contributed by atoms with van der Waals surface area (Å²) < 4.78 is 5.35. The van der Waals surface area contributed by atoms with Crippen LogP contribution in [0.4, 0.5) is 0 Å². The van der Waals surface area contributed by atoms with E-state index in [1.54, 1.807) is 13.0 Å². The van der Waals surface area contributed by atoms with Gasteiger partial charge in [-0.2, -0.15) is 5.26 Å². The topological polar surface area (TPSA) is 33.0 Å². The van der Waals surface area contributed by atoms with Gasteiger partial charge in [-0.25, -0.2) is 0 Å². The SMILES string of the molecule is C/C(C#N)=C\COc1ccccc1. The Morgan fingerprint density at radius 2 is 2.15 bits per heavy atom. The monoisotopic (exact) mass is 173 g/mol. The van der Waals surface area contributed by atoms with Crippen LogP contribution in [0.15, 0.2) is 42.0 Å². The fourth-order valence-corrected chi connectivity index (χ4v) is 0.825. The summed E-state index contributed by atoms with van der Waals surface area (Å²) in [6, 6.07) is 11.6. The molecule has 0 unspecified atom stereocenters. The van der Waals surface area contributed by atoms with Gasteiger partial charge in [0, 0.05) is 5.57 Å². The molecule has 0 radical (unpaired) electrons. The molecule has 0 N–H and O–H groups in total. The van der Waals surface area contributed by atoms with Gasteiger partial charge in [0.2, 0.25) is 0 Å². The number of nitrogens with zero attached hydrogens (tertiary/aromatic N) is 1. The first-order valence-electron chi connectivity index (χ1n) is 4.07. The lowest BCUT2D eigenvalue weighted by atomic mass is 10.3. The third kappa shape index (κ3) is 3.44. The van der Waals surface area contributed by atoms with E-state index < -0.39 is 0 Å². The van der Waals surface area contributed by atoms with Crippen LogP contribution in [0.3, 0.4) is 0 Å². The zero-order chi connectivity index (χ0) is 9.52. The lowest BCUT2D eigenvalue weighted by molar-refractivity contribution is 0.362. The molecule has 0 aliphatic heterocycles. The summed E-state index contributed by atoms with van der Waals surface area (Å²) in [6.45, 7) is 2.21. The maximum atomic E-state index is 8.46. The van der Waals surface area contributed by atoms with Crippen LogP contribution in [0.1, 0.15) is 6.92 Å². The first-order chi connectivity index (χ1) is 6.33. The summed E-state index contributed by atoms with van der Waals surface area (Å²) in [7, 11) is 0. The van der Waals surface area contributed by atoms with Crippen LogP contribution in [0.2, 0.25) is 0 Å². The molecule has 1 aromatic carbocycles. The third-order valence-electron chi connectivity index (χ3n) is 1.56. The van der Waals surface area contributed by atoms with Gasteiger partial charge in [-0.3, -0.25) is 0 Å². The van der Waals surface area contributed by atoms with Gasteiger partial charge in [-0.1, -0.05) is 18.2 Å². The summed E-state index contributed by atoms with van der Waals surface area (Å²) in [5.74, 6) is 0.824. The smallest absolute Gasteiger partial charge is 0.119 e. The average molecular weight is 173 g/mol. The van der Waals surface area contributed by atoms with Crippen LogP contribution in [0, 0.1) is 11.3 Å². The first kappa shape index (κ1) is 9.34. The number of hydrogen-bond acceptors (Lipinski definition) is 2. The number of rotatable bonds is 3. The van der Waals surface area contributed by atoms with E-state index in [1.807, 2.05) is 36.4 Å². The van der Waals surface area contributed by atoms with Crippen molar-refractivity contribution in [2.75, 3.05) is 6.61 Å². The molecule has 0 amide bonds. The van der Waals surface area contributed by atoms with Crippen molar-refractivity contribution in [3.63, 3.8) is 0 Å². The number of hydrogen-bond donors (Lipinski definition) is 0. The number of benzene rings is 1. The number of allylic oxidation sites excluding steroid dienone is 1. The van der Waals surface area contributed by atoms with Gasteiger partial charge in [0.25, 0.3) is 0 Å². The van der Waals surface area contributed by atoms with Crippen molar-refractivity contribution in [1.82, 2.24) is 0 Å². The van der Waals surface area contributed by atoms with E-state index in [0.29, 0.717) is 12.2 Å². The Kier molecular flexibility index (Phi) is 3.59. The molecule has 0 fully saturated rings. The third-order valence-corrected chi connectivity index (χ3v) is 1.56. The Morgan fingerprint density at radius 3 is 2.77 bits per heavy atom. The molecule has 2 heteroatoms. The van der Waals surface area contributed by atoms with Crippen LogP contribution >= 0.6 is 0 Å². The zero-order valence-corrected chi connectivity index (χ0v) is 7.53.